The van der Waals surface area contributed by atoms with Gasteiger partial charge in [0.05, 0.1) is 6.20 Å². The molecule has 0 saturated carbocycles. The van der Waals surface area contributed by atoms with Crippen LogP contribution in [0, 0.1) is 0 Å². The predicted molar refractivity (Wildman–Crippen MR) is 89.6 cm³/mol. The van der Waals surface area contributed by atoms with E-state index in [1.165, 1.54) is 6.20 Å². The van der Waals surface area contributed by atoms with Crippen LogP contribution in [0.4, 0.5) is 5.69 Å². The Morgan fingerprint density at radius 1 is 1.45 bits per heavy atom. The largest absolute Gasteiger partial charge is 0.455 e. The molecule has 0 bridgehead atoms. The van der Waals surface area contributed by atoms with E-state index in [1.807, 2.05) is 24.3 Å². The van der Waals surface area contributed by atoms with E-state index in [0.717, 1.165) is 15.4 Å². The first-order chi connectivity index (χ1) is 10.5. The Labute approximate surface area is 138 Å². The number of nitrogens with zero attached hydrogens (tertiary/aromatic N) is 2. The number of aromatic nitrogens is 2. The number of rotatable bonds is 3. The molecule has 6 nitrogen and oxygen atoms in total. The Bertz CT molecular complexity index is 932. The van der Waals surface area contributed by atoms with Gasteiger partial charge in [-0.3, -0.25) is 10.2 Å². The van der Waals surface area contributed by atoms with Crippen LogP contribution < -0.4 is 11.0 Å². The Morgan fingerprint density at radius 3 is 3.09 bits per heavy atom. The highest BCUT2D eigenvalue weighted by atomic mass is 79.9. The fourth-order valence-corrected chi connectivity index (χ4v) is 2.37. The molecule has 0 aliphatic heterocycles. The number of benzene rings is 1. The Hall–Kier alpha value is -2.12. The highest BCUT2D eigenvalue weighted by Gasteiger charge is 2.08. The van der Waals surface area contributed by atoms with Gasteiger partial charge in [0.25, 0.3) is 5.56 Å². The molecule has 0 unspecified atom stereocenters. The van der Waals surface area contributed by atoms with E-state index in [0.29, 0.717) is 17.2 Å². The van der Waals surface area contributed by atoms with Crippen LogP contribution in [0.25, 0.3) is 11.0 Å². The van der Waals surface area contributed by atoms with Gasteiger partial charge in [-0.1, -0.05) is 27.5 Å². The zero-order valence-corrected chi connectivity index (χ0v) is 13.7. The quantitative estimate of drug-likeness (QED) is 0.534. The topological polar surface area (TPSA) is 83.3 Å². The molecule has 2 aromatic heterocycles. The molecule has 3 rings (SSSR count). The molecule has 0 amide bonds. The summed E-state index contributed by atoms with van der Waals surface area (Å²) in [7, 11) is 0. The molecule has 3 aromatic rings. The highest BCUT2D eigenvalue weighted by molar-refractivity contribution is 9.10. The van der Waals surface area contributed by atoms with Gasteiger partial charge in [0.1, 0.15) is 22.0 Å². The van der Waals surface area contributed by atoms with Gasteiger partial charge in [0.2, 0.25) is 0 Å². The van der Waals surface area contributed by atoms with Crippen LogP contribution >= 0.6 is 27.5 Å². The van der Waals surface area contributed by atoms with Crippen LogP contribution in [-0.4, -0.2) is 15.9 Å². The summed E-state index contributed by atoms with van der Waals surface area (Å²) < 4.78 is 6.69. The molecule has 22 heavy (non-hydrogen) atoms. The molecule has 0 fully saturated rings. The molecule has 0 radical (unpaired) electrons. The van der Waals surface area contributed by atoms with Gasteiger partial charge >= 0.3 is 0 Å². The average Bonchev–Trinajstić information content (AvgIpc) is 2.91. The summed E-state index contributed by atoms with van der Waals surface area (Å²) in [5.41, 5.74) is 3.94. The van der Waals surface area contributed by atoms with Crippen LogP contribution in [0.1, 0.15) is 12.7 Å². The number of halogens is 2. The zero-order valence-electron chi connectivity index (χ0n) is 11.4. The van der Waals surface area contributed by atoms with Gasteiger partial charge in [0, 0.05) is 9.86 Å². The summed E-state index contributed by atoms with van der Waals surface area (Å²) in [6, 6.07) is 7.63. The van der Waals surface area contributed by atoms with Gasteiger partial charge in [-0.2, -0.15) is 10.2 Å². The zero-order chi connectivity index (χ0) is 15.7. The Kier molecular flexibility index (Phi) is 4.00. The lowest BCUT2D eigenvalue weighted by molar-refractivity contribution is 0.604. The van der Waals surface area contributed by atoms with Crippen molar-refractivity contribution in [2.75, 3.05) is 5.43 Å². The lowest BCUT2D eigenvalue weighted by Gasteiger charge is -2.02. The van der Waals surface area contributed by atoms with Gasteiger partial charge in [0.15, 0.2) is 5.76 Å². The first kappa shape index (κ1) is 14.8. The van der Waals surface area contributed by atoms with Crippen molar-refractivity contribution in [2.45, 2.75) is 6.92 Å². The Morgan fingerprint density at radius 2 is 2.27 bits per heavy atom. The number of fused-ring (bicyclic) bond motifs is 1. The van der Waals surface area contributed by atoms with Gasteiger partial charge in [-0.05, 0) is 31.2 Å². The number of nitrogens with one attached hydrogen (secondary N) is 2. The molecule has 0 saturated heterocycles. The van der Waals surface area contributed by atoms with E-state index in [2.05, 4.69) is 36.7 Å². The highest BCUT2D eigenvalue weighted by Crippen LogP contribution is 2.24. The van der Waals surface area contributed by atoms with E-state index in [-0.39, 0.29) is 5.02 Å². The summed E-state index contributed by atoms with van der Waals surface area (Å²) >= 11 is 9.28. The van der Waals surface area contributed by atoms with Crippen LogP contribution in [0.2, 0.25) is 5.02 Å². The van der Waals surface area contributed by atoms with Crippen LogP contribution in [0.15, 0.2) is 49.2 Å². The number of hydrogen-bond donors (Lipinski definition) is 2. The molecular weight excluding hydrogens is 372 g/mol. The normalized spacial score (nSPS) is 11.9. The monoisotopic (exact) mass is 380 g/mol. The number of furan rings is 1. The average molecular weight is 382 g/mol. The molecule has 2 heterocycles. The standard InChI is InChI=1S/C14H10BrClN4O2/c1-7(18-19-10-6-17-20-14(21)13(10)16)12-5-8-4-9(15)2-3-11(8)22-12/h2-6H,1H3,(H2,19,20,21)/b18-7-. The van der Waals surface area contributed by atoms with Crippen molar-refractivity contribution in [3.05, 3.63) is 56.1 Å². The molecular formula is C14H10BrClN4O2. The van der Waals surface area contributed by atoms with Crippen LogP contribution in [0.5, 0.6) is 0 Å². The number of hydrazone groups is 1. The second kappa shape index (κ2) is 5.94. The second-order valence-electron chi connectivity index (χ2n) is 4.53. The fraction of sp³-hybridized carbons (Fsp3) is 0.0714. The van der Waals surface area contributed by atoms with Crippen molar-refractivity contribution in [2.24, 2.45) is 5.10 Å². The lowest BCUT2D eigenvalue weighted by atomic mass is 10.2. The van der Waals surface area contributed by atoms with Gasteiger partial charge < -0.3 is 4.42 Å². The van der Waals surface area contributed by atoms with Crippen molar-refractivity contribution in [3.8, 4) is 0 Å². The van der Waals surface area contributed by atoms with Gasteiger partial charge in [-0.25, -0.2) is 5.10 Å². The molecule has 1 aromatic carbocycles. The summed E-state index contributed by atoms with van der Waals surface area (Å²) in [5, 5.41) is 11.0. The molecule has 8 heteroatoms. The number of aromatic amines is 1. The van der Waals surface area contributed by atoms with Crippen molar-refractivity contribution >= 4 is 49.9 Å². The maximum absolute atomic E-state index is 11.3. The third-order valence-electron chi connectivity index (χ3n) is 2.97. The molecule has 0 aliphatic rings. The first-order valence-electron chi connectivity index (χ1n) is 6.27. The van der Waals surface area contributed by atoms with Crippen molar-refractivity contribution in [3.63, 3.8) is 0 Å². The van der Waals surface area contributed by atoms with Crippen molar-refractivity contribution in [1.82, 2.24) is 10.2 Å². The Balaban J connectivity index is 1.89. The maximum atomic E-state index is 11.3. The smallest absolute Gasteiger partial charge is 0.285 e. The van der Waals surface area contributed by atoms with E-state index < -0.39 is 5.56 Å². The molecule has 0 spiro atoms. The second-order valence-corrected chi connectivity index (χ2v) is 5.82. The van der Waals surface area contributed by atoms with E-state index in [4.69, 9.17) is 16.0 Å². The first-order valence-corrected chi connectivity index (χ1v) is 7.44. The number of anilines is 1. The fourth-order valence-electron chi connectivity index (χ4n) is 1.85. The van der Waals surface area contributed by atoms with Crippen molar-refractivity contribution in [1.29, 1.82) is 0 Å². The minimum atomic E-state index is -0.479. The SMILES string of the molecule is C/C(=N/Nc1cn[nH]c(=O)c1Cl)c1cc2cc(Br)ccc2o1. The molecule has 0 aliphatic carbocycles. The summed E-state index contributed by atoms with van der Waals surface area (Å²) in [6.07, 6.45) is 1.39. The van der Waals surface area contributed by atoms with Crippen LogP contribution in [-0.2, 0) is 0 Å². The third kappa shape index (κ3) is 2.90. The van der Waals surface area contributed by atoms with E-state index in [1.54, 1.807) is 6.92 Å². The van der Waals surface area contributed by atoms with Crippen LogP contribution in [0.3, 0.4) is 0 Å². The molecule has 2 N–H and O–H groups in total. The van der Waals surface area contributed by atoms with E-state index >= 15 is 0 Å². The van der Waals surface area contributed by atoms with E-state index in [9.17, 15) is 4.79 Å². The third-order valence-corrected chi connectivity index (χ3v) is 3.84. The van der Waals surface area contributed by atoms with Gasteiger partial charge in [-0.15, -0.1) is 0 Å². The number of hydrogen-bond acceptors (Lipinski definition) is 5. The summed E-state index contributed by atoms with van der Waals surface area (Å²) in [5.74, 6) is 0.620. The predicted octanol–water partition coefficient (Wildman–Crippen LogP) is 3.77. The minimum Gasteiger partial charge on any atom is -0.455 e. The van der Waals surface area contributed by atoms with Crippen molar-refractivity contribution < 1.29 is 4.42 Å². The number of H-pyrrole nitrogens is 1. The maximum Gasteiger partial charge on any atom is 0.285 e. The minimum absolute atomic E-state index is 0.0000802. The summed E-state index contributed by atoms with van der Waals surface area (Å²) in [6.45, 7) is 1.79. The summed E-state index contributed by atoms with van der Waals surface area (Å²) in [4.78, 5) is 11.3. The molecule has 0 atom stereocenters. The molecule has 112 valence electrons. The lowest BCUT2D eigenvalue weighted by Crippen LogP contribution is -2.10.